The van der Waals surface area contributed by atoms with Gasteiger partial charge >= 0.3 is 0 Å². The monoisotopic (exact) mass is 392 g/mol. The van der Waals surface area contributed by atoms with Crippen molar-refractivity contribution in [2.75, 3.05) is 30.9 Å². The minimum absolute atomic E-state index is 0.0202. The molecule has 1 N–H and O–H groups in total. The van der Waals surface area contributed by atoms with Crippen LogP contribution >= 0.6 is 11.3 Å². The Labute approximate surface area is 167 Å². The minimum Gasteiger partial charge on any atom is -0.494 e. The summed E-state index contributed by atoms with van der Waals surface area (Å²) in [6, 6.07) is 15.1. The molecule has 0 aliphatic rings. The molecule has 0 aliphatic heterocycles. The number of hydrogen-bond donors (Lipinski definition) is 1. The zero-order valence-corrected chi connectivity index (χ0v) is 16.7. The Hall–Kier alpha value is -3.37. The normalized spacial score (nSPS) is 11.1. The Balaban J connectivity index is 1.78. The average Bonchev–Trinajstić information content (AvgIpc) is 3.08. The second-order valence-corrected chi connectivity index (χ2v) is 7.22. The molecule has 0 saturated heterocycles. The molecule has 6 nitrogen and oxygen atoms in total. The van der Waals surface area contributed by atoms with E-state index >= 15 is 0 Å². The van der Waals surface area contributed by atoms with Crippen molar-refractivity contribution in [3.05, 3.63) is 53.6 Å². The molecule has 1 amide bonds. The Morgan fingerprint density at radius 3 is 2.68 bits per heavy atom. The van der Waals surface area contributed by atoms with Crippen molar-refractivity contribution in [1.29, 1.82) is 5.26 Å². The predicted molar refractivity (Wildman–Crippen MR) is 114 cm³/mol. The second kappa shape index (κ2) is 8.55. The summed E-state index contributed by atoms with van der Waals surface area (Å²) >= 11 is 1.34. The number of carbonyl (C=O) groups excluding carboxylic acids is 1. The van der Waals surface area contributed by atoms with E-state index in [9.17, 15) is 10.1 Å². The first-order chi connectivity index (χ1) is 13.5. The van der Waals surface area contributed by atoms with E-state index in [1.54, 1.807) is 6.08 Å². The van der Waals surface area contributed by atoms with Gasteiger partial charge in [0.1, 0.15) is 17.4 Å². The fourth-order valence-electron chi connectivity index (χ4n) is 2.56. The summed E-state index contributed by atoms with van der Waals surface area (Å²) in [7, 11) is 3.91. The van der Waals surface area contributed by atoms with Gasteiger partial charge in [0, 0.05) is 19.8 Å². The van der Waals surface area contributed by atoms with Crippen molar-refractivity contribution in [3.63, 3.8) is 0 Å². The number of thiazole rings is 1. The molecular formula is C21H20N4O2S. The van der Waals surface area contributed by atoms with Gasteiger partial charge in [-0.15, -0.1) is 0 Å². The highest BCUT2D eigenvalue weighted by molar-refractivity contribution is 7.22. The van der Waals surface area contributed by atoms with Crippen LogP contribution in [0.5, 0.6) is 5.75 Å². The molecule has 3 rings (SSSR count). The summed E-state index contributed by atoms with van der Waals surface area (Å²) in [5.74, 6) is 0.276. The maximum Gasteiger partial charge on any atom is 0.268 e. The first-order valence-electron chi connectivity index (χ1n) is 8.74. The number of nitrogens with zero attached hydrogens (tertiary/aromatic N) is 3. The number of fused-ring (bicyclic) bond motifs is 1. The lowest BCUT2D eigenvalue weighted by atomic mass is 10.1. The smallest absolute Gasteiger partial charge is 0.268 e. The summed E-state index contributed by atoms with van der Waals surface area (Å²) in [6.45, 7) is 2.51. The Morgan fingerprint density at radius 1 is 1.29 bits per heavy atom. The van der Waals surface area contributed by atoms with Crippen LogP contribution in [0.25, 0.3) is 16.3 Å². The molecular weight excluding hydrogens is 372 g/mol. The molecule has 3 aromatic rings. The molecule has 1 heterocycles. The van der Waals surface area contributed by atoms with Gasteiger partial charge in [0.25, 0.3) is 5.91 Å². The summed E-state index contributed by atoms with van der Waals surface area (Å²) in [4.78, 5) is 18.9. The summed E-state index contributed by atoms with van der Waals surface area (Å²) in [6.07, 6.45) is 1.56. The summed E-state index contributed by atoms with van der Waals surface area (Å²) in [5.41, 5.74) is 2.61. The SMILES string of the molecule is CCOc1ccc2nc(NC(=O)/C(C#N)=C/c3ccc(N(C)C)cc3)sc2c1. The Kier molecular flexibility index (Phi) is 5.92. The van der Waals surface area contributed by atoms with Gasteiger partial charge in [-0.1, -0.05) is 23.5 Å². The first kappa shape index (κ1) is 19.4. The number of benzene rings is 2. The average molecular weight is 392 g/mol. The zero-order valence-electron chi connectivity index (χ0n) is 15.9. The second-order valence-electron chi connectivity index (χ2n) is 6.19. The lowest BCUT2D eigenvalue weighted by molar-refractivity contribution is -0.112. The predicted octanol–water partition coefficient (Wildman–Crippen LogP) is 4.31. The molecule has 0 radical (unpaired) electrons. The van der Waals surface area contributed by atoms with Gasteiger partial charge in [-0.3, -0.25) is 10.1 Å². The molecule has 7 heteroatoms. The van der Waals surface area contributed by atoms with Gasteiger partial charge in [0.05, 0.1) is 16.8 Å². The third-order valence-electron chi connectivity index (χ3n) is 3.98. The van der Waals surface area contributed by atoms with E-state index < -0.39 is 5.91 Å². The fourth-order valence-corrected chi connectivity index (χ4v) is 3.45. The highest BCUT2D eigenvalue weighted by Gasteiger charge is 2.13. The molecule has 1 aromatic heterocycles. The number of aromatic nitrogens is 1. The number of anilines is 2. The standard InChI is InChI=1S/C21H20N4O2S/c1-4-27-17-9-10-18-19(12-17)28-21(23-18)24-20(26)15(13-22)11-14-5-7-16(8-6-14)25(2)3/h5-12H,4H2,1-3H3,(H,23,24,26)/b15-11+. The number of rotatable bonds is 6. The number of hydrogen-bond acceptors (Lipinski definition) is 6. The topological polar surface area (TPSA) is 78.2 Å². The van der Waals surface area contributed by atoms with Crippen molar-refractivity contribution >= 4 is 44.4 Å². The van der Waals surface area contributed by atoms with Gasteiger partial charge < -0.3 is 9.64 Å². The number of amides is 1. The molecule has 2 aromatic carbocycles. The fraction of sp³-hybridized carbons (Fsp3) is 0.190. The van der Waals surface area contributed by atoms with Crippen molar-refractivity contribution in [2.24, 2.45) is 0 Å². The van der Waals surface area contributed by atoms with E-state index in [-0.39, 0.29) is 5.57 Å². The van der Waals surface area contributed by atoms with Crippen LogP contribution in [0.3, 0.4) is 0 Å². The number of nitrogens with one attached hydrogen (secondary N) is 1. The Morgan fingerprint density at radius 2 is 2.04 bits per heavy atom. The quantitative estimate of drug-likeness (QED) is 0.500. The van der Waals surface area contributed by atoms with Crippen LogP contribution < -0.4 is 15.0 Å². The van der Waals surface area contributed by atoms with E-state index in [1.165, 1.54) is 11.3 Å². The van der Waals surface area contributed by atoms with Gasteiger partial charge in [0.15, 0.2) is 5.13 Å². The van der Waals surface area contributed by atoms with Gasteiger partial charge in [-0.2, -0.15) is 5.26 Å². The largest absolute Gasteiger partial charge is 0.494 e. The highest BCUT2D eigenvalue weighted by atomic mass is 32.1. The molecule has 0 fully saturated rings. The zero-order chi connectivity index (χ0) is 20.1. The number of carbonyl (C=O) groups is 1. The molecule has 0 bridgehead atoms. The molecule has 0 atom stereocenters. The minimum atomic E-state index is -0.483. The third kappa shape index (κ3) is 4.48. The molecule has 142 valence electrons. The van der Waals surface area contributed by atoms with Crippen LogP contribution in [0.2, 0.25) is 0 Å². The van der Waals surface area contributed by atoms with Crippen LogP contribution in [0.4, 0.5) is 10.8 Å². The van der Waals surface area contributed by atoms with Crippen molar-refractivity contribution < 1.29 is 9.53 Å². The molecule has 0 spiro atoms. The van der Waals surface area contributed by atoms with Crippen molar-refractivity contribution in [2.45, 2.75) is 6.92 Å². The van der Waals surface area contributed by atoms with Crippen LogP contribution in [0.15, 0.2) is 48.0 Å². The van der Waals surface area contributed by atoms with Gasteiger partial charge in [-0.05, 0) is 48.9 Å². The summed E-state index contributed by atoms with van der Waals surface area (Å²) < 4.78 is 6.39. The number of nitriles is 1. The maximum absolute atomic E-state index is 12.5. The molecule has 0 saturated carbocycles. The van der Waals surface area contributed by atoms with E-state index in [0.29, 0.717) is 11.7 Å². The van der Waals surface area contributed by atoms with E-state index in [1.807, 2.05) is 74.5 Å². The van der Waals surface area contributed by atoms with Crippen LogP contribution in [-0.4, -0.2) is 31.6 Å². The van der Waals surface area contributed by atoms with E-state index in [2.05, 4.69) is 10.3 Å². The molecule has 0 unspecified atom stereocenters. The van der Waals surface area contributed by atoms with Crippen molar-refractivity contribution in [3.8, 4) is 11.8 Å². The molecule has 28 heavy (non-hydrogen) atoms. The highest BCUT2D eigenvalue weighted by Crippen LogP contribution is 2.29. The first-order valence-corrected chi connectivity index (χ1v) is 9.55. The van der Waals surface area contributed by atoms with E-state index in [4.69, 9.17) is 4.74 Å². The van der Waals surface area contributed by atoms with Gasteiger partial charge in [0.2, 0.25) is 0 Å². The lowest BCUT2D eigenvalue weighted by Crippen LogP contribution is -2.13. The van der Waals surface area contributed by atoms with Crippen molar-refractivity contribution in [1.82, 2.24) is 4.98 Å². The van der Waals surface area contributed by atoms with Crippen LogP contribution in [0.1, 0.15) is 12.5 Å². The summed E-state index contributed by atoms with van der Waals surface area (Å²) in [5, 5.41) is 12.5. The third-order valence-corrected chi connectivity index (χ3v) is 4.91. The lowest BCUT2D eigenvalue weighted by Gasteiger charge is -2.11. The van der Waals surface area contributed by atoms with Gasteiger partial charge in [-0.25, -0.2) is 4.98 Å². The number of ether oxygens (including phenoxy) is 1. The van der Waals surface area contributed by atoms with Crippen LogP contribution in [0, 0.1) is 11.3 Å². The van der Waals surface area contributed by atoms with Crippen LogP contribution in [-0.2, 0) is 4.79 Å². The Bertz CT molecular complexity index is 1060. The maximum atomic E-state index is 12.5. The van der Waals surface area contributed by atoms with E-state index in [0.717, 1.165) is 27.2 Å². The molecule has 0 aliphatic carbocycles.